The van der Waals surface area contributed by atoms with E-state index in [-0.39, 0.29) is 24.4 Å². The summed E-state index contributed by atoms with van der Waals surface area (Å²) in [6, 6.07) is 11.3. The maximum Gasteiger partial charge on any atom is 0.224 e. The first-order valence-electron chi connectivity index (χ1n) is 8.61. The molecule has 3 N–H and O–H groups in total. The van der Waals surface area contributed by atoms with Crippen LogP contribution in [0.3, 0.4) is 0 Å². The standard InChI is InChI=1S/C20H24N2O3.ClH/c1-3-24-18-10-15-8-13(2)25-19(15)11-16(18)12-22-20(23)9-14-4-6-17(21)7-5-14;/h4-7,10-11,13H,3,8-9,12,21H2,1-2H3,(H,22,23);1H. The number of hydrogen-bond acceptors (Lipinski definition) is 4. The Balaban J connectivity index is 0.00000243. The molecule has 5 nitrogen and oxygen atoms in total. The molecular weight excluding hydrogens is 352 g/mol. The van der Waals surface area contributed by atoms with Crippen LogP contribution in [-0.2, 0) is 24.2 Å². The molecule has 0 saturated heterocycles. The van der Waals surface area contributed by atoms with Crippen molar-refractivity contribution < 1.29 is 14.3 Å². The van der Waals surface area contributed by atoms with Gasteiger partial charge in [-0.25, -0.2) is 0 Å². The molecule has 1 amide bonds. The van der Waals surface area contributed by atoms with Gasteiger partial charge in [-0.3, -0.25) is 4.79 Å². The summed E-state index contributed by atoms with van der Waals surface area (Å²) >= 11 is 0. The fourth-order valence-corrected chi connectivity index (χ4v) is 2.99. The second kappa shape index (κ2) is 8.81. The number of hydrogen-bond donors (Lipinski definition) is 2. The quantitative estimate of drug-likeness (QED) is 0.759. The Bertz CT molecular complexity index is 762. The van der Waals surface area contributed by atoms with Crippen LogP contribution in [-0.4, -0.2) is 18.6 Å². The first-order valence-corrected chi connectivity index (χ1v) is 8.61. The van der Waals surface area contributed by atoms with Gasteiger partial charge in [0.05, 0.1) is 13.0 Å². The zero-order chi connectivity index (χ0) is 17.8. The molecule has 0 aromatic heterocycles. The van der Waals surface area contributed by atoms with Crippen LogP contribution in [0.2, 0.25) is 0 Å². The molecule has 0 radical (unpaired) electrons. The van der Waals surface area contributed by atoms with Crippen LogP contribution in [0.5, 0.6) is 11.5 Å². The van der Waals surface area contributed by atoms with E-state index in [0.29, 0.717) is 25.3 Å². The summed E-state index contributed by atoms with van der Waals surface area (Å²) in [5, 5.41) is 2.96. The fourth-order valence-electron chi connectivity index (χ4n) is 2.99. The van der Waals surface area contributed by atoms with Gasteiger partial charge < -0.3 is 20.5 Å². The summed E-state index contributed by atoms with van der Waals surface area (Å²) in [7, 11) is 0. The predicted molar refractivity (Wildman–Crippen MR) is 105 cm³/mol. The van der Waals surface area contributed by atoms with E-state index in [1.165, 1.54) is 0 Å². The average Bonchev–Trinajstić information content (AvgIpc) is 2.94. The fraction of sp³-hybridized carbons (Fsp3) is 0.350. The lowest BCUT2D eigenvalue weighted by atomic mass is 10.1. The highest BCUT2D eigenvalue weighted by Crippen LogP contribution is 2.35. The molecular formula is C20H25ClN2O3. The van der Waals surface area contributed by atoms with Gasteiger partial charge in [-0.1, -0.05) is 12.1 Å². The van der Waals surface area contributed by atoms with E-state index in [2.05, 4.69) is 12.2 Å². The van der Waals surface area contributed by atoms with Gasteiger partial charge in [0.1, 0.15) is 17.6 Å². The van der Waals surface area contributed by atoms with Gasteiger partial charge in [-0.15, -0.1) is 12.4 Å². The molecule has 0 aliphatic carbocycles. The van der Waals surface area contributed by atoms with E-state index in [9.17, 15) is 4.79 Å². The maximum absolute atomic E-state index is 12.2. The number of fused-ring (bicyclic) bond motifs is 1. The largest absolute Gasteiger partial charge is 0.494 e. The lowest BCUT2D eigenvalue weighted by molar-refractivity contribution is -0.120. The lowest BCUT2D eigenvalue weighted by Crippen LogP contribution is -2.24. The Kier molecular flexibility index (Phi) is 6.75. The van der Waals surface area contributed by atoms with Crippen molar-refractivity contribution in [2.45, 2.75) is 39.3 Å². The molecule has 0 spiro atoms. The molecule has 0 saturated carbocycles. The number of amides is 1. The van der Waals surface area contributed by atoms with Crippen LogP contribution in [0.4, 0.5) is 5.69 Å². The van der Waals surface area contributed by atoms with Crippen molar-refractivity contribution in [3.63, 3.8) is 0 Å². The van der Waals surface area contributed by atoms with Gasteiger partial charge in [-0.05, 0) is 43.7 Å². The highest BCUT2D eigenvalue weighted by atomic mass is 35.5. The van der Waals surface area contributed by atoms with E-state index in [4.69, 9.17) is 15.2 Å². The third-order valence-electron chi connectivity index (χ3n) is 4.20. The van der Waals surface area contributed by atoms with Gasteiger partial charge in [-0.2, -0.15) is 0 Å². The van der Waals surface area contributed by atoms with E-state index in [0.717, 1.165) is 34.6 Å². The van der Waals surface area contributed by atoms with Crippen molar-refractivity contribution in [1.82, 2.24) is 5.32 Å². The first kappa shape index (κ1) is 19.9. The van der Waals surface area contributed by atoms with E-state index in [1.54, 1.807) is 12.1 Å². The Morgan fingerprint density at radius 3 is 2.73 bits per heavy atom. The lowest BCUT2D eigenvalue weighted by Gasteiger charge is -2.13. The number of anilines is 1. The van der Waals surface area contributed by atoms with Crippen LogP contribution in [0.15, 0.2) is 36.4 Å². The minimum Gasteiger partial charge on any atom is -0.494 e. The molecule has 3 rings (SSSR count). The number of ether oxygens (including phenoxy) is 2. The number of halogens is 1. The minimum absolute atomic E-state index is 0. The van der Waals surface area contributed by atoms with Crippen molar-refractivity contribution in [1.29, 1.82) is 0 Å². The summed E-state index contributed by atoms with van der Waals surface area (Å²) in [6.45, 7) is 5.00. The Morgan fingerprint density at radius 1 is 1.31 bits per heavy atom. The zero-order valence-electron chi connectivity index (χ0n) is 15.1. The van der Waals surface area contributed by atoms with Gasteiger partial charge in [0.25, 0.3) is 0 Å². The second-order valence-corrected chi connectivity index (χ2v) is 6.33. The molecule has 0 fully saturated rings. The molecule has 140 valence electrons. The number of nitrogens with one attached hydrogen (secondary N) is 1. The molecule has 1 aliphatic rings. The van der Waals surface area contributed by atoms with Crippen LogP contribution >= 0.6 is 12.4 Å². The number of nitrogen functional groups attached to an aromatic ring is 1. The molecule has 1 atom stereocenters. The normalized spacial score (nSPS) is 14.8. The summed E-state index contributed by atoms with van der Waals surface area (Å²) < 4.78 is 11.6. The molecule has 1 heterocycles. The second-order valence-electron chi connectivity index (χ2n) is 6.33. The number of carbonyl (C=O) groups excluding carboxylic acids is 1. The molecule has 2 aromatic rings. The Morgan fingerprint density at radius 2 is 2.04 bits per heavy atom. The van der Waals surface area contributed by atoms with Gasteiger partial charge >= 0.3 is 0 Å². The molecule has 1 aliphatic heterocycles. The predicted octanol–water partition coefficient (Wildman–Crippen LogP) is 3.27. The van der Waals surface area contributed by atoms with Crippen molar-refractivity contribution in [2.75, 3.05) is 12.3 Å². The number of rotatable bonds is 6. The van der Waals surface area contributed by atoms with E-state index in [1.807, 2.05) is 31.2 Å². The number of benzene rings is 2. The van der Waals surface area contributed by atoms with Crippen molar-refractivity contribution in [3.8, 4) is 11.5 Å². The van der Waals surface area contributed by atoms with Gasteiger partial charge in [0, 0.05) is 29.8 Å². The highest BCUT2D eigenvalue weighted by Gasteiger charge is 2.22. The average molecular weight is 377 g/mol. The van der Waals surface area contributed by atoms with Gasteiger partial charge in [0.15, 0.2) is 0 Å². The SMILES string of the molecule is CCOc1cc2c(cc1CNC(=O)Cc1ccc(N)cc1)OC(C)C2.Cl. The maximum atomic E-state index is 12.2. The molecule has 1 unspecified atom stereocenters. The number of carbonyl (C=O) groups is 1. The van der Waals surface area contributed by atoms with E-state index >= 15 is 0 Å². The molecule has 2 aromatic carbocycles. The zero-order valence-corrected chi connectivity index (χ0v) is 15.9. The monoisotopic (exact) mass is 376 g/mol. The van der Waals surface area contributed by atoms with Crippen molar-refractivity contribution >= 4 is 24.0 Å². The summed E-state index contributed by atoms with van der Waals surface area (Å²) in [6.07, 6.45) is 1.39. The summed E-state index contributed by atoms with van der Waals surface area (Å²) in [4.78, 5) is 12.2. The Labute approximate surface area is 160 Å². The minimum atomic E-state index is -0.0398. The summed E-state index contributed by atoms with van der Waals surface area (Å²) in [5.74, 6) is 1.66. The highest BCUT2D eigenvalue weighted by molar-refractivity contribution is 5.85. The van der Waals surface area contributed by atoms with Crippen LogP contribution in [0, 0.1) is 0 Å². The first-order chi connectivity index (χ1) is 12.0. The van der Waals surface area contributed by atoms with Crippen LogP contribution < -0.4 is 20.5 Å². The van der Waals surface area contributed by atoms with Crippen molar-refractivity contribution in [2.24, 2.45) is 0 Å². The van der Waals surface area contributed by atoms with Crippen molar-refractivity contribution in [3.05, 3.63) is 53.1 Å². The van der Waals surface area contributed by atoms with E-state index < -0.39 is 0 Å². The van der Waals surface area contributed by atoms with Crippen LogP contribution in [0.25, 0.3) is 0 Å². The molecule has 26 heavy (non-hydrogen) atoms. The van der Waals surface area contributed by atoms with Crippen LogP contribution in [0.1, 0.15) is 30.5 Å². The smallest absolute Gasteiger partial charge is 0.224 e. The topological polar surface area (TPSA) is 73.6 Å². The third-order valence-corrected chi connectivity index (χ3v) is 4.20. The third kappa shape index (κ3) is 4.82. The number of nitrogens with two attached hydrogens (primary N) is 1. The molecule has 6 heteroatoms. The molecule has 0 bridgehead atoms. The Hall–Kier alpha value is -2.40. The van der Waals surface area contributed by atoms with Gasteiger partial charge in [0.2, 0.25) is 5.91 Å². The summed E-state index contributed by atoms with van der Waals surface area (Å²) in [5.41, 5.74) is 9.38.